The summed E-state index contributed by atoms with van der Waals surface area (Å²) in [6, 6.07) is 5.56. The Morgan fingerprint density at radius 1 is 1.33 bits per heavy atom. The predicted molar refractivity (Wildman–Crippen MR) is 74.8 cm³/mol. The summed E-state index contributed by atoms with van der Waals surface area (Å²) in [5, 5.41) is 3.25. The van der Waals surface area contributed by atoms with Crippen LogP contribution in [0.2, 0.25) is 0 Å². The number of nitrogens with one attached hydrogen (secondary N) is 1. The minimum absolute atomic E-state index is 0.379. The maximum atomic E-state index is 4.68. The maximum absolute atomic E-state index is 4.68. The first kappa shape index (κ1) is 12.0. The number of rotatable bonds is 6. The van der Waals surface area contributed by atoms with Gasteiger partial charge in [0.15, 0.2) is 0 Å². The van der Waals surface area contributed by atoms with Gasteiger partial charge < -0.3 is 10.2 Å². The molecule has 2 saturated carbocycles. The number of nitrogens with zero attached hydrogens (tertiary/aromatic N) is 2. The van der Waals surface area contributed by atoms with Crippen molar-refractivity contribution in [2.75, 3.05) is 18.5 Å². The summed E-state index contributed by atoms with van der Waals surface area (Å²) >= 11 is 0. The molecule has 0 saturated heterocycles. The molecule has 2 aliphatic rings. The van der Waals surface area contributed by atoms with Crippen LogP contribution in [0.4, 0.5) is 5.82 Å². The molecule has 0 aliphatic heterocycles. The second-order valence-electron chi connectivity index (χ2n) is 5.79. The van der Waals surface area contributed by atoms with Crippen molar-refractivity contribution < 1.29 is 0 Å². The Kier molecular flexibility index (Phi) is 3.25. The first-order valence-corrected chi connectivity index (χ1v) is 7.18. The van der Waals surface area contributed by atoms with Crippen LogP contribution in [0.5, 0.6) is 0 Å². The van der Waals surface area contributed by atoms with Gasteiger partial charge in [-0.25, -0.2) is 4.98 Å². The summed E-state index contributed by atoms with van der Waals surface area (Å²) in [5.74, 6) is 2.11. The Labute approximate surface area is 110 Å². The van der Waals surface area contributed by atoms with Crippen molar-refractivity contribution in [3.63, 3.8) is 0 Å². The van der Waals surface area contributed by atoms with Crippen LogP contribution in [0.3, 0.4) is 0 Å². The topological polar surface area (TPSA) is 28.2 Å². The third-order valence-electron chi connectivity index (χ3n) is 4.14. The van der Waals surface area contributed by atoms with E-state index in [9.17, 15) is 0 Å². The Morgan fingerprint density at radius 2 is 2.11 bits per heavy atom. The van der Waals surface area contributed by atoms with Crippen molar-refractivity contribution in [2.45, 2.75) is 44.7 Å². The normalized spacial score (nSPS) is 20.8. The highest BCUT2D eigenvalue weighted by molar-refractivity contribution is 5.43. The third-order valence-corrected chi connectivity index (χ3v) is 4.14. The lowest BCUT2D eigenvalue weighted by Gasteiger charge is -2.24. The van der Waals surface area contributed by atoms with Gasteiger partial charge in [0.2, 0.25) is 0 Å². The van der Waals surface area contributed by atoms with Crippen LogP contribution in [-0.2, 0) is 0 Å². The first-order chi connectivity index (χ1) is 8.78. The van der Waals surface area contributed by atoms with E-state index in [1.165, 1.54) is 43.6 Å². The molecule has 3 nitrogen and oxygen atoms in total. The molecule has 0 aromatic carbocycles. The average molecular weight is 245 g/mol. The molecule has 1 heterocycles. The predicted octanol–water partition coefficient (Wildman–Crippen LogP) is 2.74. The Morgan fingerprint density at radius 3 is 2.61 bits per heavy atom. The molecule has 2 fully saturated rings. The summed E-state index contributed by atoms with van der Waals surface area (Å²) in [4.78, 5) is 7.21. The molecule has 3 heteroatoms. The second-order valence-corrected chi connectivity index (χ2v) is 5.79. The smallest absolute Gasteiger partial charge is 0.128 e. The van der Waals surface area contributed by atoms with Gasteiger partial charge in [-0.2, -0.15) is 0 Å². The van der Waals surface area contributed by atoms with Crippen molar-refractivity contribution in [3.8, 4) is 0 Å². The minimum Gasteiger partial charge on any atom is -0.353 e. The summed E-state index contributed by atoms with van der Waals surface area (Å²) in [7, 11) is 1.99. The molecule has 1 aromatic heterocycles. The van der Waals surface area contributed by atoms with Crippen LogP contribution < -0.4 is 10.2 Å². The number of hydrogen-bond donors (Lipinski definition) is 1. The standard InChI is InChI=1S/C15H23N3/c1-11(16-2)13-5-8-15(17-9-13)18(14-6-7-14)10-12-3-4-12/h5,8-9,11-12,14,16H,3-4,6-7,10H2,1-2H3. The molecule has 98 valence electrons. The molecule has 1 atom stereocenters. The van der Waals surface area contributed by atoms with E-state index < -0.39 is 0 Å². The molecule has 1 aromatic rings. The lowest BCUT2D eigenvalue weighted by molar-refractivity contribution is 0.647. The zero-order chi connectivity index (χ0) is 12.5. The summed E-state index contributed by atoms with van der Waals surface area (Å²) in [5.41, 5.74) is 1.27. The third kappa shape index (κ3) is 2.66. The van der Waals surface area contributed by atoms with Gasteiger partial charge in [-0.3, -0.25) is 0 Å². The van der Waals surface area contributed by atoms with Crippen LogP contribution in [0.1, 0.15) is 44.2 Å². The summed E-state index contributed by atoms with van der Waals surface area (Å²) < 4.78 is 0. The van der Waals surface area contributed by atoms with Gasteiger partial charge in [-0.15, -0.1) is 0 Å². The minimum atomic E-state index is 0.379. The van der Waals surface area contributed by atoms with E-state index in [1.54, 1.807) is 0 Å². The van der Waals surface area contributed by atoms with Crippen LogP contribution in [0.15, 0.2) is 18.3 Å². The van der Waals surface area contributed by atoms with Gasteiger partial charge in [0, 0.05) is 24.8 Å². The zero-order valence-electron chi connectivity index (χ0n) is 11.4. The highest BCUT2D eigenvalue weighted by Gasteiger charge is 2.34. The molecule has 0 radical (unpaired) electrons. The monoisotopic (exact) mass is 245 g/mol. The van der Waals surface area contributed by atoms with Crippen molar-refractivity contribution >= 4 is 5.82 Å². The van der Waals surface area contributed by atoms with Gasteiger partial charge in [0.25, 0.3) is 0 Å². The molecular formula is C15H23N3. The van der Waals surface area contributed by atoms with E-state index in [4.69, 9.17) is 0 Å². The Hall–Kier alpha value is -1.09. The van der Waals surface area contributed by atoms with Crippen molar-refractivity contribution in [1.29, 1.82) is 0 Å². The molecule has 0 bridgehead atoms. The van der Waals surface area contributed by atoms with E-state index in [-0.39, 0.29) is 0 Å². The molecular weight excluding hydrogens is 222 g/mol. The summed E-state index contributed by atoms with van der Waals surface area (Å²) in [6.07, 6.45) is 7.56. The lowest BCUT2D eigenvalue weighted by atomic mass is 10.1. The van der Waals surface area contributed by atoms with Crippen molar-refractivity contribution in [2.24, 2.45) is 5.92 Å². The number of anilines is 1. The molecule has 0 amide bonds. The van der Waals surface area contributed by atoms with Crippen molar-refractivity contribution in [1.82, 2.24) is 10.3 Å². The van der Waals surface area contributed by atoms with Crippen LogP contribution in [-0.4, -0.2) is 24.6 Å². The summed E-state index contributed by atoms with van der Waals surface area (Å²) in [6.45, 7) is 3.39. The van der Waals surface area contributed by atoms with Gasteiger partial charge >= 0.3 is 0 Å². The number of aromatic nitrogens is 1. The fourth-order valence-electron chi connectivity index (χ4n) is 2.38. The molecule has 1 N–H and O–H groups in total. The SMILES string of the molecule is CNC(C)c1ccc(N(CC2CC2)C2CC2)nc1. The van der Waals surface area contributed by atoms with E-state index in [2.05, 4.69) is 34.3 Å². The zero-order valence-corrected chi connectivity index (χ0v) is 11.4. The van der Waals surface area contributed by atoms with Gasteiger partial charge in [0.1, 0.15) is 5.82 Å². The molecule has 3 rings (SSSR count). The van der Waals surface area contributed by atoms with Crippen LogP contribution >= 0.6 is 0 Å². The Bertz CT molecular complexity index is 393. The maximum Gasteiger partial charge on any atom is 0.128 e. The first-order valence-electron chi connectivity index (χ1n) is 7.18. The fraction of sp³-hybridized carbons (Fsp3) is 0.667. The largest absolute Gasteiger partial charge is 0.353 e. The fourth-order valence-corrected chi connectivity index (χ4v) is 2.38. The number of hydrogen-bond acceptors (Lipinski definition) is 3. The average Bonchev–Trinajstić information content (AvgIpc) is 3.28. The molecule has 1 unspecified atom stereocenters. The van der Waals surface area contributed by atoms with Gasteiger partial charge in [-0.05, 0) is 57.2 Å². The highest BCUT2D eigenvalue weighted by atomic mass is 15.2. The molecule has 0 spiro atoms. The van der Waals surface area contributed by atoms with Gasteiger partial charge in [0.05, 0.1) is 0 Å². The van der Waals surface area contributed by atoms with Crippen LogP contribution in [0.25, 0.3) is 0 Å². The van der Waals surface area contributed by atoms with E-state index >= 15 is 0 Å². The lowest BCUT2D eigenvalue weighted by Crippen LogP contribution is -2.29. The van der Waals surface area contributed by atoms with Gasteiger partial charge in [-0.1, -0.05) is 6.07 Å². The van der Waals surface area contributed by atoms with Crippen molar-refractivity contribution in [3.05, 3.63) is 23.9 Å². The van der Waals surface area contributed by atoms with Crippen LogP contribution in [0, 0.1) is 5.92 Å². The van der Waals surface area contributed by atoms with E-state index in [0.29, 0.717) is 6.04 Å². The van der Waals surface area contributed by atoms with E-state index in [0.717, 1.165) is 12.0 Å². The Balaban J connectivity index is 1.72. The highest BCUT2D eigenvalue weighted by Crippen LogP contribution is 2.37. The van der Waals surface area contributed by atoms with E-state index in [1.807, 2.05) is 13.2 Å². The number of pyridine rings is 1. The second kappa shape index (κ2) is 4.88. The molecule has 2 aliphatic carbocycles. The molecule has 18 heavy (non-hydrogen) atoms. The quantitative estimate of drug-likeness (QED) is 0.835.